The molecule has 6 rings (SSSR count). The first-order chi connectivity index (χ1) is 14.3. The van der Waals surface area contributed by atoms with E-state index in [0.29, 0.717) is 12.0 Å². The molecule has 2 atom stereocenters. The number of piperidine rings is 1. The molecule has 0 saturated carbocycles. The molecule has 6 heteroatoms. The lowest BCUT2D eigenvalue weighted by atomic mass is 9.94. The predicted molar refractivity (Wildman–Crippen MR) is 113 cm³/mol. The van der Waals surface area contributed by atoms with Gasteiger partial charge in [0.2, 0.25) is 0 Å². The Morgan fingerprint density at radius 3 is 2.76 bits per heavy atom. The fraction of sp³-hybridized carbons (Fsp3) is 0.435. The van der Waals surface area contributed by atoms with Gasteiger partial charge in [-0.05, 0) is 61.9 Å². The van der Waals surface area contributed by atoms with Gasteiger partial charge in [-0.15, -0.1) is 0 Å². The lowest BCUT2D eigenvalue weighted by Crippen LogP contribution is -2.47. The quantitative estimate of drug-likeness (QED) is 0.728. The first-order valence-corrected chi connectivity index (χ1v) is 10.6. The van der Waals surface area contributed by atoms with Crippen molar-refractivity contribution in [2.45, 2.75) is 31.7 Å². The number of amides is 1. The number of hydrogen-bond donors (Lipinski definition) is 1. The van der Waals surface area contributed by atoms with Crippen molar-refractivity contribution >= 4 is 16.9 Å². The van der Waals surface area contributed by atoms with Crippen LogP contribution in [0.1, 0.15) is 35.2 Å². The van der Waals surface area contributed by atoms with Gasteiger partial charge in [-0.25, -0.2) is 0 Å². The van der Waals surface area contributed by atoms with Gasteiger partial charge in [-0.1, -0.05) is 30.3 Å². The van der Waals surface area contributed by atoms with E-state index in [-0.39, 0.29) is 5.91 Å². The molecule has 0 aliphatic carbocycles. The number of fused-ring (bicyclic) bond motifs is 5. The van der Waals surface area contributed by atoms with Crippen LogP contribution in [-0.4, -0.2) is 63.3 Å². The van der Waals surface area contributed by atoms with Gasteiger partial charge < -0.3 is 9.80 Å². The Labute approximate surface area is 170 Å². The number of aryl methyl sites for hydroxylation is 1. The van der Waals surface area contributed by atoms with Crippen LogP contribution < -0.4 is 0 Å². The van der Waals surface area contributed by atoms with E-state index in [9.17, 15) is 4.79 Å². The van der Waals surface area contributed by atoms with Gasteiger partial charge >= 0.3 is 0 Å². The van der Waals surface area contributed by atoms with Crippen molar-refractivity contribution in [2.24, 2.45) is 5.92 Å². The zero-order valence-electron chi connectivity index (χ0n) is 16.6. The number of nitrogens with one attached hydrogen (secondary N) is 1. The van der Waals surface area contributed by atoms with Crippen LogP contribution in [0, 0.1) is 5.92 Å². The topological polar surface area (TPSA) is 65.1 Å². The van der Waals surface area contributed by atoms with Crippen molar-refractivity contribution in [3.63, 3.8) is 0 Å². The smallest absolute Gasteiger partial charge is 0.254 e. The van der Waals surface area contributed by atoms with Crippen molar-refractivity contribution in [3.8, 4) is 0 Å². The number of hydrogen-bond acceptors (Lipinski definition) is 4. The highest BCUT2D eigenvalue weighted by Crippen LogP contribution is 2.29. The fourth-order valence-electron chi connectivity index (χ4n) is 4.90. The SMILES string of the molecule is O=C(c1ccc2n[nH]nc2c1)N1C[C@H]2CC[C@@H]1CN(CCCc1ccccc1)C2. The van der Waals surface area contributed by atoms with Crippen LogP contribution in [0.2, 0.25) is 0 Å². The Kier molecular flexibility index (Phi) is 5.02. The summed E-state index contributed by atoms with van der Waals surface area (Å²) < 4.78 is 0. The van der Waals surface area contributed by atoms with E-state index in [4.69, 9.17) is 0 Å². The van der Waals surface area contributed by atoms with E-state index in [2.05, 4.69) is 55.5 Å². The second kappa shape index (κ2) is 7.95. The zero-order chi connectivity index (χ0) is 19.6. The summed E-state index contributed by atoms with van der Waals surface area (Å²) in [5.41, 5.74) is 3.67. The predicted octanol–water partition coefficient (Wildman–Crippen LogP) is 3.13. The summed E-state index contributed by atoms with van der Waals surface area (Å²) in [6, 6.07) is 16.6. The van der Waals surface area contributed by atoms with Crippen molar-refractivity contribution in [1.29, 1.82) is 0 Å². The Morgan fingerprint density at radius 1 is 1.00 bits per heavy atom. The lowest BCUT2D eigenvalue weighted by molar-refractivity contribution is 0.0585. The molecular weight excluding hydrogens is 362 g/mol. The molecule has 0 spiro atoms. The maximum absolute atomic E-state index is 13.3. The van der Waals surface area contributed by atoms with E-state index < -0.39 is 0 Å². The Hall–Kier alpha value is -2.73. The summed E-state index contributed by atoms with van der Waals surface area (Å²) in [4.78, 5) is 18.0. The lowest BCUT2D eigenvalue weighted by Gasteiger charge is -2.36. The average Bonchev–Trinajstić information content (AvgIpc) is 3.05. The number of H-pyrrole nitrogens is 1. The van der Waals surface area contributed by atoms with E-state index in [1.807, 2.05) is 18.2 Å². The Bertz CT molecular complexity index is 985. The molecule has 150 valence electrons. The van der Waals surface area contributed by atoms with Gasteiger partial charge in [0, 0.05) is 31.2 Å². The number of aromatic amines is 1. The molecule has 3 aliphatic heterocycles. The highest BCUT2D eigenvalue weighted by Gasteiger charge is 2.37. The molecule has 1 amide bonds. The molecule has 0 radical (unpaired) electrons. The molecular formula is C23H27N5O. The molecule has 3 saturated heterocycles. The van der Waals surface area contributed by atoms with E-state index >= 15 is 0 Å². The number of rotatable bonds is 5. The number of carbonyl (C=O) groups is 1. The molecule has 6 nitrogen and oxygen atoms in total. The van der Waals surface area contributed by atoms with Crippen molar-refractivity contribution < 1.29 is 4.79 Å². The van der Waals surface area contributed by atoms with Gasteiger partial charge in [0.1, 0.15) is 11.0 Å². The van der Waals surface area contributed by atoms with E-state index in [1.54, 1.807) is 0 Å². The first-order valence-electron chi connectivity index (χ1n) is 10.6. The minimum absolute atomic E-state index is 0.135. The number of carbonyl (C=O) groups excluding carboxylic acids is 1. The van der Waals surface area contributed by atoms with Crippen molar-refractivity contribution in [3.05, 3.63) is 59.7 Å². The van der Waals surface area contributed by atoms with E-state index in [1.165, 1.54) is 18.4 Å². The summed E-state index contributed by atoms with van der Waals surface area (Å²) in [6.45, 7) is 4.07. The molecule has 0 unspecified atom stereocenters. The molecule has 2 aromatic carbocycles. The van der Waals surface area contributed by atoms with Gasteiger partial charge in [-0.2, -0.15) is 15.4 Å². The highest BCUT2D eigenvalue weighted by molar-refractivity contribution is 5.97. The number of nitrogens with zero attached hydrogens (tertiary/aromatic N) is 4. The third-order valence-corrected chi connectivity index (χ3v) is 6.40. The van der Waals surface area contributed by atoms with Crippen LogP contribution >= 0.6 is 0 Å². The normalized spacial score (nSPS) is 22.1. The van der Waals surface area contributed by atoms with E-state index in [0.717, 1.165) is 55.6 Å². The molecule has 3 aromatic rings. The monoisotopic (exact) mass is 389 g/mol. The van der Waals surface area contributed by atoms with Crippen LogP contribution in [0.15, 0.2) is 48.5 Å². The third kappa shape index (κ3) is 3.90. The molecule has 4 heterocycles. The zero-order valence-corrected chi connectivity index (χ0v) is 16.6. The van der Waals surface area contributed by atoms with Crippen LogP contribution in [-0.2, 0) is 6.42 Å². The standard InChI is InChI=1S/C23H27N5O/c29-23(19-9-11-21-22(13-19)25-26-24-21)28-15-18-8-10-20(28)16-27(14-18)12-4-7-17-5-2-1-3-6-17/h1-3,5-6,9,11,13,18,20H,4,7-8,10,12,14-16H2,(H,24,25,26)/t18-,20+/m0/s1. The second-order valence-electron chi connectivity index (χ2n) is 8.43. The molecule has 3 aliphatic rings. The summed E-state index contributed by atoms with van der Waals surface area (Å²) >= 11 is 0. The van der Waals surface area contributed by atoms with Crippen LogP contribution in [0.5, 0.6) is 0 Å². The minimum atomic E-state index is 0.135. The molecule has 1 aromatic heterocycles. The van der Waals surface area contributed by atoms with Gasteiger partial charge in [0.25, 0.3) is 5.91 Å². The Morgan fingerprint density at radius 2 is 1.86 bits per heavy atom. The van der Waals surface area contributed by atoms with Gasteiger partial charge in [0.15, 0.2) is 0 Å². The summed E-state index contributed by atoms with van der Waals surface area (Å²) in [5.74, 6) is 0.709. The third-order valence-electron chi connectivity index (χ3n) is 6.40. The molecule has 2 bridgehead atoms. The number of aromatic nitrogens is 3. The Balaban J connectivity index is 1.24. The average molecular weight is 390 g/mol. The fourth-order valence-corrected chi connectivity index (χ4v) is 4.90. The summed E-state index contributed by atoms with van der Waals surface area (Å²) in [7, 11) is 0. The van der Waals surface area contributed by atoms with Crippen LogP contribution in [0.4, 0.5) is 0 Å². The van der Waals surface area contributed by atoms with Gasteiger partial charge in [-0.3, -0.25) is 4.79 Å². The molecule has 3 fully saturated rings. The van der Waals surface area contributed by atoms with Crippen molar-refractivity contribution in [1.82, 2.24) is 25.2 Å². The maximum Gasteiger partial charge on any atom is 0.254 e. The molecule has 1 N–H and O–H groups in total. The summed E-state index contributed by atoms with van der Waals surface area (Å²) in [5, 5.41) is 10.8. The van der Waals surface area contributed by atoms with Gasteiger partial charge in [0.05, 0.1) is 0 Å². The number of benzene rings is 2. The maximum atomic E-state index is 13.3. The molecule has 29 heavy (non-hydrogen) atoms. The highest BCUT2D eigenvalue weighted by atomic mass is 16.2. The summed E-state index contributed by atoms with van der Waals surface area (Å²) in [6.07, 6.45) is 4.62. The van der Waals surface area contributed by atoms with Crippen LogP contribution in [0.25, 0.3) is 11.0 Å². The second-order valence-corrected chi connectivity index (χ2v) is 8.43. The van der Waals surface area contributed by atoms with Crippen LogP contribution in [0.3, 0.4) is 0 Å². The largest absolute Gasteiger partial charge is 0.334 e. The minimum Gasteiger partial charge on any atom is -0.334 e. The first kappa shape index (κ1) is 18.3. The van der Waals surface area contributed by atoms with Crippen molar-refractivity contribution in [2.75, 3.05) is 26.2 Å².